The smallest absolute Gasteiger partial charge is 0.00952 e. The summed E-state index contributed by atoms with van der Waals surface area (Å²) in [5, 5.41) is 0. The van der Waals surface area contributed by atoms with Crippen molar-refractivity contribution in [3.05, 3.63) is 0 Å². The van der Waals surface area contributed by atoms with Gasteiger partial charge >= 0.3 is 0 Å². The van der Waals surface area contributed by atoms with Crippen LogP contribution in [0.15, 0.2) is 0 Å². The average molecular weight is 309 g/mol. The number of rotatable bonds is 1. The van der Waals surface area contributed by atoms with Gasteiger partial charge in [-0.1, -0.05) is 32.1 Å². The summed E-state index contributed by atoms with van der Waals surface area (Å²) < 4.78 is 0. The lowest BCUT2D eigenvalue weighted by Gasteiger charge is -2.29. The van der Waals surface area contributed by atoms with Crippen LogP contribution in [0.2, 0.25) is 0 Å². The number of hydrogen-bond acceptors (Lipinski definition) is 1. The second kappa shape index (κ2) is 7.04. The monoisotopic (exact) mass is 309 g/mol. The van der Waals surface area contributed by atoms with E-state index in [1.54, 1.807) is 0 Å². The third-order valence-electron chi connectivity index (χ3n) is 3.73. The third kappa shape index (κ3) is 3.69. The molecule has 0 N–H and O–H groups in total. The molecule has 0 radical (unpaired) electrons. The fourth-order valence-corrected chi connectivity index (χ4v) is 2.91. The van der Waals surface area contributed by atoms with Gasteiger partial charge in [-0.05, 0) is 38.8 Å². The molecule has 14 heavy (non-hydrogen) atoms. The fraction of sp³-hybridized carbons (Fsp3) is 1.00. The minimum absolute atomic E-state index is 0. The molecule has 2 fully saturated rings. The van der Waals surface area contributed by atoms with E-state index in [-0.39, 0.29) is 24.0 Å². The Morgan fingerprint density at radius 1 is 0.643 bits per heavy atom. The summed E-state index contributed by atoms with van der Waals surface area (Å²) in [4.78, 5) is 2.76. The molecule has 0 aromatic rings. The van der Waals surface area contributed by atoms with Gasteiger partial charge in [0, 0.05) is 6.04 Å². The first-order chi connectivity index (χ1) is 6.47. The van der Waals surface area contributed by atoms with Gasteiger partial charge in [0.25, 0.3) is 0 Å². The van der Waals surface area contributed by atoms with Crippen molar-refractivity contribution >= 4 is 24.0 Å². The Kier molecular flexibility index (Phi) is 6.42. The van der Waals surface area contributed by atoms with Crippen molar-refractivity contribution in [2.75, 3.05) is 13.1 Å². The number of halogens is 1. The molecule has 2 heteroatoms. The molecule has 0 spiro atoms. The Labute approximate surface area is 106 Å². The zero-order valence-electron chi connectivity index (χ0n) is 9.21. The van der Waals surface area contributed by atoms with Crippen molar-refractivity contribution in [3.63, 3.8) is 0 Å². The first-order valence-corrected chi connectivity index (χ1v) is 6.21. The van der Waals surface area contributed by atoms with Gasteiger partial charge in [-0.25, -0.2) is 0 Å². The topological polar surface area (TPSA) is 3.24 Å². The highest BCUT2D eigenvalue weighted by atomic mass is 127. The van der Waals surface area contributed by atoms with E-state index >= 15 is 0 Å². The van der Waals surface area contributed by atoms with Gasteiger partial charge in [0.2, 0.25) is 0 Å². The maximum absolute atomic E-state index is 2.76. The van der Waals surface area contributed by atoms with Crippen LogP contribution in [0, 0.1) is 0 Å². The molecule has 0 aromatic carbocycles. The summed E-state index contributed by atoms with van der Waals surface area (Å²) in [5.74, 6) is 0. The van der Waals surface area contributed by atoms with E-state index in [1.165, 1.54) is 70.9 Å². The lowest BCUT2D eigenvalue weighted by Crippen LogP contribution is -2.33. The molecule has 0 atom stereocenters. The Bertz CT molecular complexity index is 135. The van der Waals surface area contributed by atoms with Crippen LogP contribution in [0.25, 0.3) is 0 Å². The molecule has 0 unspecified atom stereocenters. The second-order valence-corrected chi connectivity index (χ2v) is 4.74. The molecular weight excluding hydrogens is 285 g/mol. The summed E-state index contributed by atoms with van der Waals surface area (Å²) in [6.07, 6.45) is 13.3. The molecular formula is C12H24IN. The van der Waals surface area contributed by atoms with Crippen LogP contribution in [0.4, 0.5) is 0 Å². The summed E-state index contributed by atoms with van der Waals surface area (Å²) >= 11 is 0. The van der Waals surface area contributed by atoms with E-state index in [1.807, 2.05) is 0 Å². The van der Waals surface area contributed by atoms with Gasteiger partial charge in [-0.15, -0.1) is 24.0 Å². The van der Waals surface area contributed by atoms with Gasteiger partial charge < -0.3 is 4.90 Å². The van der Waals surface area contributed by atoms with Crippen molar-refractivity contribution in [2.45, 2.75) is 63.8 Å². The molecule has 0 amide bonds. The zero-order chi connectivity index (χ0) is 8.93. The molecule has 1 nitrogen and oxygen atoms in total. The highest BCUT2D eigenvalue weighted by Crippen LogP contribution is 2.24. The zero-order valence-corrected chi connectivity index (χ0v) is 11.5. The van der Waals surface area contributed by atoms with E-state index in [4.69, 9.17) is 0 Å². The Balaban J connectivity index is 0.000000980. The number of likely N-dealkylation sites (tertiary alicyclic amines) is 1. The molecule has 1 heterocycles. The van der Waals surface area contributed by atoms with Crippen molar-refractivity contribution in [2.24, 2.45) is 0 Å². The standard InChI is InChI=1S/C12H23N.HI/c1-2-4-8-12(9-5-3-1)13-10-6-7-11-13;/h12H,1-11H2;1H. The average Bonchev–Trinajstić information content (AvgIpc) is 2.55. The molecule has 84 valence electrons. The maximum Gasteiger partial charge on any atom is 0.00952 e. The third-order valence-corrected chi connectivity index (χ3v) is 3.73. The minimum atomic E-state index is 0. The van der Waals surface area contributed by atoms with E-state index in [0.717, 1.165) is 6.04 Å². The molecule has 2 aliphatic rings. The number of hydrogen-bond donors (Lipinski definition) is 0. The predicted octanol–water partition coefficient (Wildman–Crippen LogP) is 3.81. The van der Waals surface area contributed by atoms with Gasteiger partial charge in [0.05, 0.1) is 0 Å². The van der Waals surface area contributed by atoms with Crippen molar-refractivity contribution in [1.29, 1.82) is 0 Å². The van der Waals surface area contributed by atoms with E-state index in [0.29, 0.717) is 0 Å². The first kappa shape index (κ1) is 12.8. The Hall–Kier alpha value is 0.690. The summed E-state index contributed by atoms with van der Waals surface area (Å²) in [5.41, 5.74) is 0. The van der Waals surface area contributed by atoms with Crippen LogP contribution in [0.1, 0.15) is 57.8 Å². The van der Waals surface area contributed by atoms with Crippen LogP contribution in [0.3, 0.4) is 0 Å². The predicted molar refractivity (Wildman–Crippen MR) is 72.3 cm³/mol. The van der Waals surface area contributed by atoms with Crippen molar-refractivity contribution in [1.82, 2.24) is 4.90 Å². The van der Waals surface area contributed by atoms with Gasteiger partial charge in [0.15, 0.2) is 0 Å². The van der Waals surface area contributed by atoms with E-state index in [2.05, 4.69) is 4.90 Å². The maximum atomic E-state index is 2.76. The minimum Gasteiger partial charge on any atom is -0.300 e. The van der Waals surface area contributed by atoms with Crippen LogP contribution in [0.5, 0.6) is 0 Å². The van der Waals surface area contributed by atoms with Crippen LogP contribution >= 0.6 is 24.0 Å². The quantitative estimate of drug-likeness (QED) is 0.666. The first-order valence-electron chi connectivity index (χ1n) is 6.21. The van der Waals surface area contributed by atoms with E-state index in [9.17, 15) is 0 Å². The molecule has 1 saturated carbocycles. The molecule has 1 aliphatic carbocycles. The molecule has 1 saturated heterocycles. The van der Waals surface area contributed by atoms with Crippen molar-refractivity contribution in [3.8, 4) is 0 Å². The lowest BCUT2D eigenvalue weighted by molar-refractivity contribution is 0.203. The highest BCUT2D eigenvalue weighted by Gasteiger charge is 2.21. The lowest BCUT2D eigenvalue weighted by atomic mass is 9.96. The second-order valence-electron chi connectivity index (χ2n) is 4.74. The number of nitrogens with zero attached hydrogens (tertiary/aromatic N) is 1. The van der Waals surface area contributed by atoms with Crippen LogP contribution in [-0.2, 0) is 0 Å². The van der Waals surface area contributed by atoms with Crippen LogP contribution in [-0.4, -0.2) is 24.0 Å². The highest BCUT2D eigenvalue weighted by molar-refractivity contribution is 14.0. The molecule has 1 aliphatic heterocycles. The fourth-order valence-electron chi connectivity index (χ4n) is 2.91. The van der Waals surface area contributed by atoms with Crippen LogP contribution < -0.4 is 0 Å². The van der Waals surface area contributed by atoms with Gasteiger partial charge in [-0.2, -0.15) is 0 Å². The SMILES string of the molecule is C1CCCC(N2CCCC2)CCC1.I. The van der Waals surface area contributed by atoms with Gasteiger partial charge in [-0.3, -0.25) is 0 Å². The summed E-state index contributed by atoms with van der Waals surface area (Å²) in [6.45, 7) is 2.79. The molecule has 0 bridgehead atoms. The van der Waals surface area contributed by atoms with Crippen molar-refractivity contribution < 1.29 is 0 Å². The van der Waals surface area contributed by atoms with Gasteiger partial charge in [0.1, 0.15) is 0 Å². The normalized spacial score (nSPS) is 26.6. The molecule has 0 aromatic heterocycles. The summed E-state index contributed by atoms with van der Waals surface area (Å²) in [7, 11) is 0. The Morgan fingerprint density at radius 3 is 1.71 bits per heavy atom. The largest absolute Gasteiger partial charge is 0.300 e. The Morgan fingerprint density at radius 2 is 1.14 bits per heavy atom. The molecule has 2 rings (SSSR count). The van der Waals surface area contributed by atoms with E-state index < -0.39 is 0 Å². The summed E-state index contributed by atoms with van der Waals surface area (Å²) in [6, 6.07) is 0.961.